The van der Waals surface area contributed by atoms with Crippen molar-refractivity contribution in [3.8, 4) is 5.75 Å². The number of rotatable bonds is 14. The number of hydrogen-bond acceptors (Lipinski definition) is 1. The Morgan fingerprint density at radius 2 is 1.21 bits per heavy atom. The van der Waals surface area contributed by atoms with Crippen LogP contribution in [0.25, 0.3) is 10.8 Å². The Labute approximate surface area is 241 Å². The number of aryl methyl sites for hydroxylation is 4. The monoisotopic (exact) mass is 590 g/mol. The summed E-state index contributed by atoms with van der Waals surface area (Å²) in [4.78, 5) is 0. The molecule has 0 aromatic heterocycles. The molecule has 0 aliphatic rings. The van der Waals surface area contributed by atoms with Crippen molar-refractivity contribution >= 4 is 10.8 Å². The molecule has 0 aliphatic carbocycles. The molecule has 0 radical (unpaired) electrons. The molecule has 4 aromatic carbocycles. The maximum absolute atomic E-state index is 15.3. The Hall–Kier alpha value is -3.55. The second-order valence-corrected chi connectivity index (χ2v) is 10.6. The molecule has 0 atom stereocenters. The smallest absolute Gasteiger partial charge is 0.387 e. The first-order chi connectivity index (χ1) is 20.2. The minimum Gasteiger partial charge on any atom is -0.429 e. The van der Waals surface area contributed by atoms with Crippen LogP contribution in [-0.4, -0.2) is 6.61 Å². The van der Waals surface area contributed by atoms with Gasteiger partial charge in [0.15, 0.2) is 17.4 Å². The van der Waals surface area contributed by atoms with Gasteiger partial charge in [0, 0.05) is 10.9 Å². The van der Waals surface area contributed by atoms with Crippen LogP contribution in [0, 0.1) is 29.1 Å². The van der Waals surface area contributed by atoms with E-state index in [0.29, 0.717) is 34.7 Å². The summed E-state index contributed by atoms with van der Waals surface area (Å²) < 4.78 is 101. The summed E-state index contributed by atoms with van der Waals surface area (Å²) in [6.07, 6.45) is 6.72. The zero-order chi connectivity index (χ0) is 30.2. The molecule has 0 N–H and O–H groups in total. The SMILES string of the molecule is CCCCCCCc1cc(F)c(CCc2ccc3c(F)c(CCc4cc(F)c(OC(F)F)c(F)c4)ccc3c2)c(F)c1. The van der Waals surface area contributed by atoms with E-state index in [-0.39, 0.29) is 30.4 Å². The minimum absolute atomic E-state index is 0.0352. The Morgan fingerprint density at radius 3 is 1.88 bits per heavy atom. The van der Waals surface area contributed by atoms with Gasteiger partial charge in [-0.3, -0.25) is 0 Å². The van der Waals surface area contributed by atoms with Gasteiger partial charge in [0.25, 0.3) is 0 Å². The van der Waals surface area contributed by atoms with Gasteiger partial charge in [0.1, 0.15) is 17.5 Å². The third-order valence-electron chi connectivity index (χ3n) is 7.48. The molecular weight excluding hydrogens is 557 g/mol. The molecule has 0 amide bonds. The van der Waals surface area contributed by atoms with Crippen LogP contribution in [0.3, 0.4) is 0 Å². The predicted octanol–water partition coefficient (Wildman–Crippen LogP) is 10.2. The molecule has 0 saturated carbocycles. The van der Waals surface area contributed by atoms with Crippen LogP contribution in [0.4, 0.5) is 30.7 Å². The number of benzene rings is 4. The molecule has 1 nitrogen and oxygen atoms in total. The van der Waals surface area contributed by atoms with E-state index >= 15 is 4.39 Å². The number of fused-ring (bicyclic) bond motifs is 1. The Balaban J connectivity index is 1.39. The van der Waals surface area contributed by atoms with Crippen LogP contribution >= 0.6 is 0 Å². The summed E-state index contributed by atoms with van der Waals surface area (Å²) in [5, 5.41) is 0.952. The van der Waals surface area contributed by atoms with E-state index in [0.717, 1.165) is 49.8 Å². The maximum Gasteiger partial charge on any atom is 0.387 e. The Bertz CT molecular complexity index is 1470. The summed E-state index contributed by atoms with van der Waals surface area (Å²) >= 11 is 0. The molecule has 224 valence electrons. The number of hydrogen-bond donors (Lipinski definition) is 0. The third-order valence-corrected chi connectivity index (χ3v) is 7.48. The predicted molar refractivity (Wildman–Crippen MR) is 151 cm³/mol. The standard InChI is InChI=1S/C34H33F7O/c1-2-3-4-5-6-7-22-17-28(35)27(29(36)18-22)15-10-21-9-14-26-25(16-21)13-12-24(32(26)39)11-8-23-19-30(37)33(31(38)20-23)42-34(40)41/h9,12-14,16-20,34H,2-8,10-11,15H2,1H3. The Kier molecular flexibility index (Phi) is 10.9. The molecule has 0 bridgehead atoms. The average molecular weight is 591 g/mol. The summed E-state index contributed by atoms with van der Waals surface area (Å²) in [6.45, 7) is -1.23. The molecule has 4 aromatic rings. The molecule has 8 heteroatoms. The van der Waals surface area contributed by atoms with Gasteiger partial charge in [0.2, 0.25) is 0 Å². The van der Waals surface area contributed by atoms with Crippen LogP contribution < -0.4 is 4.74 Å². The van der Waals surface area contributed by atoms with Crippen molar-refractivity contribution in [2.24, 2.45) is 0 Å². The quantitative estimate of drug-likeness (QED) is 0.105. The molecule has 0 spiro atoms. The van der Waals surface area contributed by atoms with Gasteiger partial charge >= 0.3 is 6.61 Å². The molecule has 0 heterocycles. The molecule has 0 aliphatic heterocycles. The van der Waals surface area contributed by atoms with Crippen molar-refractivity contribution in [2.45, 2.75) is 77.7 Å². The summed E-state index contributed by atoms with van der Waals surface area (Å²) in [5.41, 5.74) is 1.98. The van der Waals surface area contributed by atoms with Gasteiger partial charge in [-0.25, -0.2) is 22.0 Å². The van der Waals surface area contributed by atoms with E-state index in [1.54, 1.807) is 30.3 Å². The fraction of sp³-hybridized carbons (Fsp3) is 0.353. The van der Waals surface area contributed by atoms with Gasteiger partial charge in [-0.05, 0) is 90.4 Å². The normalized spacial score (nSPS) is 11.5. The molecule has 4 rings (SSSR count). The zero-order valence-corrected chi connectivity index (χ0v) is 23.4. The second-order valence-electron chi connectivity index (χ2n) is 10.6. The average Bonchev–Trinajstić information content (AvgIpc) is 2.94. The van der Waals surface area contributed by atoms with Gasteiger partial charge in [-0.1, -0.05) is 62.9 Å². The van der Waals surface area contributed by atoms with E-state index in [1.807, 2.05) is 0 Å². The van der Waals surface area contributed by atoms with Crippen molar-refractivity contribution in [3.05, 3.63) is 112 Å². The van der Waals surface area contributed by atoms with Gasteiger partial charge in [-0.15, -0.1) is 0 Å². The first kappa shape index (κ1) is 31.4. The zero-order valence-electron chi connectivity index (χ0n) is 23.4. The number of unbranched alkanes of at least 4 members (excludes halogenated alkanes) is 4. The van der Waals surface area contributed by atoms with Gasteiger partial charge in [0.05, 0.1) is 0 Å². The first-order valence-electron chi connectivity index (χ1n) is 14.3. The largest absolute Gasteiger partial charge is 0.429 e. The highest BCUT2D eigenvalue weighted by atomic mass is 19.3. The number of halogens is 7. The fourth-order valence-electron chi connectivity index (χ4n) is 5.21. The summed E-state index contributed by atoms with van der Waals surface area (Å²) in [5.74, 6) is -5.26. The van der Waals surface area contributed by atoms with Crippen LogP contribution in [-0.2, 0) is 32.1 Å². The van der Waals surface area contributed by atoms with Gasteiger partial charge in [-0.2, -0.15) is 8.78 Å². The first-order valence-corrected chi connectivity index (χ1v) is 14.3. The van der Waals surface area contributed by atoms with E-state index < -0.39 is 41.4 Å². The van der Waals surface area contributed by atoms with Crippen LogP contribution in [0.5, 0.6) is 5.75 Å². The van der Waals surface area contributed by atoms with Crippen molar-refractivity contribution in [1.29, 1.82) is 0 Å². The van der Waals surface area contributed by atoms with E-state index in [9.17, 15) is 26.3 Å². The fourth-order valence-corrected chi connectivity index (χ4v) is 5.21. The Morgan fingerprint density at radius 1 is 0.595 bits per heavy atom. The molecule has 0 saturated heterocycles. The van der Waals surface area contributed by atoms with E-state index in [2.05, 4.69) is 11.7 Å². The lowest BCUT2D eigenvalue weighted by Gasteiger charge is -2.11. The minimum atomic E-state index is -3.37. The van der Waals surface area contributed by atoms with Crippen LogP contribution in [0.2, 0.25) is 0 Å². The van der Waals surface area contributed by atoms with E-state index in [4.69, 9.17) is 0 Å². The molecule has 42 heavy (non-hydrogen) atoms. The van der Waals surface area contributed by atoms with Crippen LogP contribution in [0.1, 0.15) is 66.8 Å². The maximum atomic E-state index is 15.3. The number of ether oxygens (including phenoxy) is 1. The van der Waals surface area contributed by atoms with E-state index in [1.165, 1.54) is 12.1 Å². The van der Waals surface area contributed by atoms with Crippen molar-refractivity contribution in [3.63, 3.8) is 0 Å². The van der Waals surface area contributed by atoms with Crippen molar-refractivity contribution in [1.82, 2.24) is 0 Å². The lowest BCUT2D eigenvalue weighted by Crippen LogP contribution is -2.06. The topological polar surface area (TPSA) is 9.23 Å². The highest BCUT2D eigenvalue weighted by molar-refractivity contribution is 5.84. The molecule has 0 unspecified atom stereocenters. The highest BCUT2D eigenvalue weighted by Gasteiger charge is 2.18. The summed E-state index contributed by atoms with van der Waals surface area (Å²) in [7, 11) is 0. The van der Waals surface area contributed by atoms with Crippen molar-refractivity contribution in [2.75, 3.05) is 0 Å². The van der Waals surface area contributed by atoms with Gasteiger partial charge < -0.3 is 4.74 Å². The highest BCUT2D eigenvalue weighted by Crippen LogP contribution is 2.28. The lowest BCUT2D eigenvalue weighted by atomic mass is 9.96. The summed E-state index contributed by atoms with van der Waals surface area (Å²) in [6, 6.07) is 13.0. The third kappa shape index (κ3) is 8.05. The molecule has 0 fully saturated rings. The lowest BCUT2D eigenvalue weighted by molar-refractivity contribution is -0.0546. The van der Waals surface area contributed by atoms with Crippen LogP contribution in [0.15, 0.2) is 54.6 Å². The second kappa shape index (κ2) is 14.6. The van der Waals surface area contributed by atoms with Crippen molar-refractivity contribution < 1.29 is 35.5 Å². The molecular formula is C34H33F7O. The number of alkyl halides is 2.